The average Bonchev–Trinajstić information content (AvgIpc) is 2.85. The maximum absolute atomic E-state index is 12.2. The zero-order chi connectivity index (χ0) is 13.9. The van der Waals surface area contributed by atoms with Crippen LogP contribution >= 0.6 is 0 Å². The van der Waals surface area contributed by atoms with Crippen LogP contribution in [0.1, 0.15) is 19.8 Å². The van der Waals surface area contributed by atoms with E-state index in [9.17, 15) is 4.79 Å². The number of para-hydroxylation sites is 1. The summed E-state index contributed by atoms with van der Waals surface area (Å²) < 4.78 is 11.4. The molecule has 2 aliphatic heterocycles. The highest BCUT2D eigenvalue weighted by molar-refractivity contribution is 5.78. The van der Waals surface area contributed by atoms with Crippen LogP contribution in [0.5, 0.6) is 5.75 Å². The van der Waals surface area contributed by atoms with Gasteiger partial charge in [0.1, 0.15) is 5.75 Å². The van der Waals surface area contributed by atoms with E-state index in [1.165, 1.54) is 0 Å². The van der Waals surface area contributed by atoms with Crippen molar-refractivity contribution in [1.29, 1.82) is 0 Å². The molecule has 2 aliphatic rings. The fourth-order valence-electron chi connectivity index (χ4n) is 3.15. The molecular weight excluding hydrogens is 254 g/mol. The lowest BCUT2D eigenvalue weighted by Crippen LogP contribution is -2.47. The van der Waals surface area contributed by atoms with Crippen molar-refractivity contribution in [2.75, 3.05) is 19.7 Å². The molecule has 108 valence electrons. The van der Waals surface area contributed by atoms with Gasteiger partial charge in [0.2, 0.25) is 0 Å². The Morgan fingerprint density at radius 1 is 1.40 bits per heavy atom. The van der Waals surface area contributed by atoms with Crippen molar-refractivity contribution in [2.24, 2.45) is 5.92 Å². The molecule has 0 spiro atoms. The highest BCUT2D eigenvalue weighted by atomic mass is 16.5. The number of likely N-dealkylation sites (tertiary alicyclic amines) is 1. The van der Waals surface area contributed by atoms with Crippen molar-refractivity contribution in [2.45, 2.75) is 32.0 Å². The van der Waals surface area contributed by atoms with Crippen molar-refractivity contribution in [3.8, 4) is 5.75 Å². The molecule has 4 nitrogen and oxygen atoms in total. The van der Waals surface area contributed by atoms with Gasteiger partial charge >= 0.3 is 0 Å². The van der Waals surface area contributed by atoms with Gasteiger partial charge in [0.25, 0.3) is 5.91 Å². The third kappa shape index (κ3) is 2.96. The maximum atomic E-state index is 12.2. The highest BCUT2D eigenvalue weighted by Gasteiger charge is 2.38. The average molecular weight is 275 g/mol. The molecule has 0 saturated carbocycles. The molecule has 1 aromatic rings. The van der Waals surface area contributed by atoms with Gasteiger partial charge in [-0.2, -0.15) is 0 Å². The van der Waals surface area contributed by atoms with Crippen LogP contribution in [0.2, 0.25) is 0 Å². The number of benzene rings is 1. The van der Waals surface area contributed by atoms with E-state index in [1.807, 2.05) is 35.2 Å². The lowest BCUT2D eigenvalue weighted by atomic mass is 9.92. The second kappa shape index (κ2) is 5.83. The minimum atomic E-state index is 0.0513. The molecule has 2 fully saturated rings. The molecule has 1 aromatic carbocycles. The van der Waals surface area contributed by atoms with Gasteiger partial charge in [-0.15, -0.1) is 0 Å². The minimum Gasteiger partial charge on any atom is -0.484 e. The number of ether oxygens (including phenoxy) is 2. The van der Waals surface area contributed by atoms with Crippen molar-refractivity contribution in [1.82, 2.24) is 4.90 Å². The van der Waals surface area contributed by atoms with E-state index in [1.54, 1.807) is 0 Å². The van der Waals surface area contributed by atoms with Crippen LogP contribution in [-0.2, 0) is 9.53 Å². The number of amides is 1. The monoisotopic (exact) mass is 275 g/mol. The zero-order valence-electron chi connectivity index (χ0n) is 11.8. The zero-order valence-corrected chi connectivity index (χ0v) is 11.8. The third-order valence-electron chi connectivity index (χ3n) is 4.20. The molecular formula is C16H21NO3. The van der Waals surface area contributed by atoms with Crippen LogP contribution < -0.4 is 4.74 Å². The number of hydrogen-bond donors (Lipinski definition) is 0. The topological polar surface area (TPSA) is 38.8 Å². The van der Waals surface area contributed by atoms with Crippen molar-refractivity contribution < 1.29 is 14.3 Å². The molecule has 0 radical (unpaired) electrons. The summed E-state index contributed by atoms with van der Waals surface area (Å²) in [5.41, 5.74) is 0. The van der Waals surface area contributed by atoms with Gasteiger partial charge in [-0.1, -0.05) is 18.2 Å². The molecule has 3 atom stereocenters. The van der Waals surface area contributed by atoms with E-state index in [0.29, 0.717) is 18.6 Å². The fraction of sp³-hybridized carbons (Fsp3) is 0.562. The number of fused-ring (bicyclic) bond motifs is 1. The molecule has 0 N–H and O–H groups in total. The lowest BCUT2D eigenvalue weighted by Gasteiger charge is -2.34. The number of piperidine rings is 1. The second-order valence-corrected chi connectivity index (χ2v) is 5.71. The number of nitrogens with zero attached hydrogens (tertiary/aromatic N) is 1. The molecule has 1 amide bonds. The second-order valence-electron chi connectivity index (χ2n) is 5.71. The highest BCUT2D eigenvalue weighted by Crippen LogP contribution is 2.32. The maximum Gasteiger partial charge on any atom is 0.260 e. The van der Waals surface area contributed by atoms with Gasteiger partial charge in [0, 0.05) is 13.1 Å². The summed E-state index contributed by atoms with van der Waals surface area (Å²) in [6.07, 6.45) is 2.74. The van der Waals surface area contributed by atoms with Crippen molar-refractivity contribution in [3.05, 3.63) is 30.3 Å². The largest absolute Gasteiger partial charge is 0.484 e. The number of carbonyl (C=O) groups is 1. The standard InChI is InChI=1S/C16H21NO3/c1-12-9-13-7-8-17(10-15(13)20-12)16(18)11-19-14-5-3-2-4-6-14/h2-6,12-13,15H,7-11H2,1H3/t12-,13-,15+/m1/s1. The summed E-state index contributed by atoms with van der Waals surface area (Å²) in [7, 11) is 0. The summed E-state index contributed by atoms with van der Waals surface area (Å²) in [4.78, 5) is 14.1. The first-order chi connectivity index (χ1) is 9.72. The molecule has 2 saturated heterocycles. The summed E-state index contributed by atoms with van der Waals surface area (Å²) in [5.74, 6) is 1.42. The van der Waals surface area contributed by atoms with E-state index < -0.39 is 0 Å². The Morgan fingerprint density at radius 3 is 3.00 bits per heavy atom. The van der Waals surface area contributed by atoms with Gasteiger partial charge in [-0.05, 0) is 37.8 Å². The van der Waals surface area contributed by atoms with Crippen molar-refractivity contribution >= 4 is 5.91 Å². The summed E-state index contributed by atoms with van der Waals surface area (Å²) in [6, 6.07) is 9.46. The van der Waals surface area contributed by atoms with Gasteiger partial charge < -0.3 is 14.4 Å². The first-order valence-corrected chi connectivity index (χ1v) is 7.33. The van der Waals surface area contributed by atoms with Gasteiger partial charge in [0.15, 0.2) is 6.61 Å². The Balaban J connectivity index is 1.51. The third-order valence-corrected chi connectivity index (χ3v) is 4.20. The van der Waals surface area contributed by atoms with Gasteiger partial charge in [-0.25, -0.2) is 0 Å². The van der Waals surface area contributed by atoms with Gasteiger partial charge in [-0.3, -0.25) is 4.79 Å². The molecule has 0 unspecified atom stereocenters. The molecule has 0 aliphatic carbocycles. The van der Waals surface area contributed by atoms with Crippen LogP contribution in [0, 0.1) is 5.92 Å². The Bertz CT molecular complexity index is 462. The summed E-state index contributed by atoms with van der Waals surface area (Å²) in [6.45, 7) is 3.76. The minimum absolute atomic E-state index is 0.0513. The van der Waals surface area contributed by atoms with Crippen LogP contribution in [0.4, 0.5) is 0 Å². The number of carbonyl (C=O) groups excluding carboxylic acids is 1. The normalized spacial score (nSPS) is 29.1. The molecule has 0 bridgehead atoms. The number of rotatable bonds is 3. The summed E-state index contributed by atoms with van der Waals surface area (Å²) in [5, 5.41) is 0. The van der Waals surface area contributed by atoms with E-state index in [2.05, 4.69) is 6.92 Å². The predicted octanol–water partition coefficient (Wildman–Crippen LogP) is 2.09. The van der Waals surface area contributed by atoms with Crippen LogP contribution in [0.3, 0.4) is 0 Å². The van der Waals surface area contributed by atoms with E-state index in [0.717, 1.165) is 25.1 Å². The molecule has 3 rings (SSSR count). The SMILES string of the molecule is C[C@@H]1C[C@H]2CCN(C(=O)COc3ccccc3)C[C@@H]2O1. The Morgan fingerprint density at radius 2 is 2.20 bits per heavy atom. The molecule has 2 heterocycles. The van der Waals surface area contributed by atoms with E-state index in [4.69, 9.17) is 9.47 Å². The van der Waals surface area contributed by atoms with Gasteiger partial charge in [0.05, 0.1) is 12.2 Å². The lowest BCUT2D eigenvalue weighted by molar-refractivity contribution is -0.137. The van der Waals surface area contributed by atoms with E-state index in [-0.39, 0.29) is 18.6 Å². The van der Waals surface area contributed by atoms with Crippen LogP contribution in [0.15, 0.2) is 30.3 Å². The summed E-state index contributed by atoms with van der Waals surface area (Å²) >= 11 is 0. The van der Waals surface area contributed by atoms with E-state index >= 15 is 0 Å². The fourth-order valence-corrected chi connectivity index (χ4v) is 3.15. The first-order valence-electron chi connectivity index (χ1n) is 7.33. The Hall–Kier alpha value is -1.55. The van der Waals surface area contributed by atoms with Crippen LogP contribution in [0.25, 0.3) is 0 Å². The van der Waals surface area contributed by atoms with Crippen LogP contribution in [-0.4, -0.2) is 42.7 Å². The number of hydrogen-bond acceptors (Lipinski definition) is 3. The molecule has 20 heavy (non-hydrogen) atoms. The molecule has 4 heteroatoms. The van der Waals surface area contributed by atoms with Crippen molar-refractivity contribution in [3.63, 3.8) is 0 Å². The first kappa shape index (κ1) is 13.4. The quantitative estimate of drug-likeness (QED) is 0.848. The Labute approximate surface area is 119 Å². The predicted molar refractivity (Wildman–Crippen MR) is 75.6 cm³/mol. The molecule has 0 aromatic heterocycles. The Kier molecular flexibility index (Phi) is 3.92. The smallest absolute Gasteiger partial charge is 0.260 e.